The third-order valence-corrected chi connectivity index (χ3v) is 5.06. The van der Waals surface area contributed by atoms with Crippen LogP contribution in [0.15, 0.2) is 24.5 Å². The summed E-state index contributed by atoms with van der Waals surface area (Å²) in [4.78, 5) is 13.5. The average molecular weight is 362 g/mol. The minimum absolute atomic E-state index is 0.0677. The Morgan fingerprint density at radius 1 is 0.769 bits per heavy atom. The third-order valence-electron chi connectivity index (χ3n) is 5.06. The number of aryl methyl sites for hydroxylation is 1. The molecule has 26 heavy (non-hydrogen) atoms. The van der Waals surface area contributed by atoms with E-state index in [4.69, 9.17) is 0 Å². The van der Waals surface area contributed by atoms with Crippen molar-refractivity contribution in [2.45, 2.75) is 96.9 Å². The van der Waals surface area contributed by atoms with Crippen LogP contribution < -0.4 is 4.57 Å². The van der Waals surface area contributed by atoms with E-state index in [-0.39, 0.29) is 5.91 Å². The van der Waals surface area contributed by atoms with E-state index in [0.717, 1.165) is 12.1 Å². The molecule has 0 spiro atoms. The smallest absolute Gasteiger partial charge is 0.253 e. The molecule has 1 aromatic rings. The fourth-order valence-electron chi connectivity index (χ4n) is 3.32. The lowest BCUT2D eigenvalue weighted by molar-refractivity contribution is -0.697. The molecule has 0 aromatic carbocycles. The predicted molar refractivity (Wildman–Crippen MR) is 110 cm³/mol. The fourth-order valence-corrected chi connectivity index (χ4v) is 3.32. The quantitative estimate of drug-likeness (QED) is 0.287. The van der Waals surface area contributed by atoms with E-state index in [9.17, 15) is 4.79 Å². The summed E-state index contributed by atoms with van der Waals surface area (Å²) >= 11 is 0. The van der Waals surface area contributed by atoms with Crippen molar-refractivity contribution >= 4 is 5.91 Å². The molecule has 1 amide bonds. The van der Waals surface area contributed by atoms with Crippen molar-refractivity contribution < 1.29 is 9.36 Å². The van der Waals surface area contributed by atoms with Gasteiger partial charge in [0.05, 0.1) is 5.56 Å². The normalized spacial score (nSPS) is 10.9. The summed E-state index contributed by atoms with van der Waals surface area (Å²) in [5.41, 5.74) is 0.761. The van der Waals surface area contributed by atoms with Crippen molar-refractivity contribution in [1.29, 1.82) is 0 Å². The van der Waals surface area contributed by atoms with Crippen molar-refractivity contribution in [1.82, 2.24) is 4.90 Å². The van der Waals surface area contributed by atoms with Crippen LogP contribution in [0, 0.1) is 0 Å². The first-order chi connectivity index (χ1) is 12.6. The van der Waals surface area contributed by atoms with Gasteiger partial charge in [0.2, 0.25) is 0 Å². The molecule has 3 nitrogen and oxygen atoms in total. The monoisotopic (exact) mass is 361 g/mol. The van der Waals surface area contributed by atoms with E-state index in [1.165, 1.54) is 83.5 Å². The van der Waals surface area contributed by atoms with E-state index in [1.54, 1.807) is 19.0 Å². The average Bonchev–Trinajstić information content (AvgIpc) is 2.65. The molecule has 3 heteroatoms. The van der Waals surface area contributed by atoms with Gasteiger partial charge in [0.1, 0.15) is 6.54 Å². The van der Waals surface area contributed by atoms with E-state index < -0.39 is 0 Å². The number of hydrogen-bond acceptors (Lipinski definition) is 1. The van der Waals surface area contributed by atoms with Gasteiger partial charge in [-0.1, -0.05) is 77.6 Å². The van der Waals surface area contributed by atoms with Crippen LogP contribution in [0.25, 0.3) is 0 Å². The van der Waals surface area contributed by atoms with Gasteiger partial charge in [-0.25, -0.2) is 4.57 Å². The van der Waals surface area contributed by atoms with Crippen LogP contribution >= 0.6 is 0 Å². The van der Waals surface area contributed by atoms with Gasteiger partial charge in [-0.05, 0) is 6.42 Å². The molecule has 0 unspecified atom stereocenters. The molecular weight excluding hydrogens is 320 g/mol. The zero-order valence-electron chi connectivity index (χ0n) is 17.5. The van der Waals surface area contributed by atoms with E-state index in [0.29, 0.717) is 0 Å². The fraction of sp³-hybridized carbons (Fsp3) is 0.739. The highest BCUT2D eigenvalue weighted by Gasteiger charge is 2.09. The SMILES string of the molecule is CCCCCCCCCCCCCCC[n+]1ccc(C(=O)N(C)C)cc1. The third kappa shape index (κ3) is 10.6. The molecule has 1 rings (SSSR count). The number of nitrogens with zero attached hydrogens (tertiary/aromatic N) is 2. The molecule has 0 bridgehead atoms. The second-order valence-electron chi connectivity index (χ2n) is 7.77. The van der Waals surface area contributed by atoms with Crippen LogP contribution in [0.2, 0.25) is 0 Å². The van der Waals surface area contributed by atoms with Crippen molar-refractivity contribution in [3.05, 3.63) is 30.1 Å². The molecule has 0 radical (unpaired) electrons. The summed E-state index contributed by atoms with van der Waals surface area (Å²) in [6.07, 6.45) is 22.1. The number of rotatable bonds is 15. The van der Waals surface area contributed by atoms with Gasteiger partial charge in [-0.15, -0.1) is 0 Å². The molecule has 0 aliphatic heterocycles. The summed E-state index contributed by atoms with van der Waals surface area (Å²) in [5.74, 6) is 0.0677. The number of aromatic nitrogens is 1. The summed E-state index contributed by atoms with van der Waals surface area (Å²) in [5, 5.41) is 0. The number of amides is 1. The minimum Gasteiger partial charge on any atom is -0.345 e. The summed E-state index contributed by atoms with van der Waals surface area (Å²) in [6, 6.07) is 3.84. The van der Waals surface area contributed by atoms with Crippen molar-refractivity contribution in [3.63, 3.8) is 0 Å². The first-order valence-corrected chi connectivity index (χ1v) is 10.9. The molecule has 0 N–H and O–H groups in total. The van der Waals surface area contributed by atoms with Crippen LogP contribution in [-0.2, 0) is 6.54 Å². The molecule has 1 heterocycles. The lowest BCUT2D eigenvalue weighted by atomic mass is 10.0. The Morgan fingerprint density at radius 3 is 1.62 bits per heavy atom. The Bertz CT molecular complexity index is 468. The molecule has 0 aliphatic carbocycles. The van der Waals surface area contributed by atoms with Crippen molar-refractivity contribution in [2.75, 3.05) is 14.1 Å². The standard InChI is InChI=1S/C23H41N2O/c1-4-5-6-7-8-9-10-11-12-13-14-15-16-19-25-20-17-22(18-21-25)23(26)24(2)3/h17-18,20-21H,4-16,19H2,1-3H3/q+1. The molecular formula is C23H41N2O+. The number of unbranched alkanes of at least 4 members (excludes halogenated alkanes) is 12. The largest absolute Gasteiger partial charge is 0.345 e. The van der Waals surface area contributed by atoms with Gasteiger partial charge in [0.25, 0.3) is 5.91 Å². The Kier molecular flexibility index (Phi) is 12.9. The molecule has 0 saturated heterocycles. The Labute approximate surface area is 161 Å². The maximum Gasteiger partial charge on any atom is 0.253 e. The zero-order valence-corrected chi connectivity index (χ0v) is 17.5. The van der Waals surface area contributed by atoms with Gasteiger partial charge >= 0.3 is 0 Å². The van der Waals surface area contributed by atoms with Crippen LogP contribution in [0.3, 0.4) is 0 Å². The van der Waals surface area contributed by atoms with Crippen LogP contribution in [0.5, 0.6) is 0 Å². The van der Waals surface area contributed by atoms with Gasteiger partial charge in [-0.2, -0.15) is 0 Å². The zero-order chi connectivity index (χ0) is 19.0. The number of carbonyl (C=O) groups is 1. The molecule has 1 aromatic heterocycles. The maximum atomic E-state index is 11.9. The summed E-state index contributed by atoms with van der Waals surface area (Å²) < 4.78 is 2.19. The maximum absolute atomic E-state index is 11.9. The van der Waals surface area contributed by atoms with E-state index >= 15 is 0 Å². The number of hydrogen-bond donors (Lipinski definition) is 0. The topological polar surface area (TPSA) is 24.2 Å². The van der Waals surface area contributed by atoms with Crippen molar-refractivity contribution in [3.8, 4) is 0 Å². The van der Waals surface area contributed by atoms with Crippen molar-refractivity contribution in [2.24, 2.45) is 0 Å². The van der Waals surface area contributed by atoms with Gasteiger partial charge in [0, 0.05) is 32.6 Å². The van der Waals surface area contributed by atoms with Gasteiger partial charge in [0.15, 0.2) is 12.4 Å². The van der Waals surface area contributed by atoms with E-state index in [2.05, 4.69) is 11.5 Å². The second kappa shape index (κ2) is 14.8. The van der Waals surface area contributed by atoms with Crippen LogP contribution in [-0.4, -0.2) is 24.9 Å². The first-order valence-electron chi connectivity index (χ1n) is 10.9. The Morgan fingerprint density at radius 2 is 1.19 bits per heavy atom. The highest BCUT2D eigenvalue weighted by Crippen LogP contribution is 2.12. The molecule has 0 saturated carbocycles. The first kappa shape index (κ1) is 22.7. The summed E-state index contributed by atoms with van der Waals surface area (Å²) in [6.45, 7) is 3.33. The van der Waals surface area contributed by atoms with Gasteiger partial charge < -0.3 is 4.90 Å². The Hall–Kier alpha value is -1.38. The van der Waals surface area contributed by atoms with Crippen LogP contribution in [0.1, 0.15) is 101 Å². The van der Waals surface area contributed by atoms with Gasteiger partial charge in [-0.3, -0.25) is 4.79 Å². The molecule has 0 atom stereocenters. The Balaban J connectivity index is 1.95. The number of pyridine rings is 1. The predicted octanol–water partition coefficient (Wildman–Crippen LogP) is 5.77. The molecule has 0 fully saturated rings. The number of carbonyl (C=O) groups excluding carboxylic acids is 1. The molecule has 148 valence electrons. The lowest BCUT2D eigenvalue weighted by Crippen LogP contribution is -2.33. The minimum atomic E-state index is 0.0677. The van der Waals surface area contributed by atoms with E-state index in [1.807, 2.05) is 24.5 Å². The van der Waals surface area contributed by atoms with Crippen LogP contribution in [0.4, 0.5) is 0 Å². The highest BCUT2D eigenvalue weighted by atomic mass is 16.2. The summed E-state index contributed by atoms with van der Waals surface area (Å²) in [7, 11) is 3.58. The highest BCUT2D eigenvalue weighted by molar-refractivity contribution is 5.93. The lowest BCUT2D eigenvalue weighted by Gasteiger charge is -2.09. The second-order valence-corrected chi connectivity index (χ2v) is 7.77. The molecule has 0 aliphatic rings.